The monoisotopic (exact) mass is 508 g/mol. The van der Waals surface area contributed by atoms with Gasteiger partial charge in [-0.25, -0.2) is 5.01 Å². The molecule has 0 bridgehead atoms. The van der Waals surface area contributed by atoms with Gasteiger partial charge in [-0.3, -0.25) is 9.59 Å². The van der Waals surface area contributed by atoms with E-state index >= 15 is 0 Å². The highest BCUT2D eigenvalue weighted by Crippen LogP contribution is 2.46. The van der Waals surface area contributed by atoms with E-state index in [1.807, 2.05) is 36.4 Å². The summed E-state index contributed by atoms with van der Waals surface area (Å²) in [4.78, 5) is 24.4. The van der Waals surface area contributed by atoms with Crippen molar-refractivity contribution in [3.8, 4) is 23.0 Å². The number of allylic oxidation sites excluding steroid dienone is 1. The number of carbonyl (C=O) groups is 2. The average molecular weight is 509 g/mol. The fraction of sp³-hybridized carbons (Fsp3) is 0.393. The molecule has 2 aromatic carbocycles. The van der Waals surface area contributed by atoms with Gasteiger partial charge < -0.3 is 24.1 Å². The molecule has 1 saturated carbocycles. The van der Waals surface area contributed by atoms with Crippen LogP contribution in [0.3, 0.4) is 0 Å². The zero-order valence-electron chi connectivity index (χ0n) is 21.5. The number of ether oxygens (including phenoxy) is 4. The van der Waals surface area contributed by atoms with Crippen LogP contribution < -0.4 is 18.9 Å². The molecule has 196 valence electrons. The second-order valence-electron chi connectivity index (χ2n) is 8.96. The van der Waals surface area contributed by atoms with Crippen LogP contribution in [0.5, 0.6) is 23.0 Å². The first-order chi connectivity index (χ1) is 17.9. The Bertz CT molecular complexity index is 1240. The Hall–Kier alpha value is -4.01. The first-order valence-electron chi connectivity index (χ1n) is 12.2. The quantitative estimate of drug-likeness (QED) is 0.523. The number of nitrogens with zero attached hydrogens (tertiary/aromatic N) is 2. The molecule has 0 saturated heterocycles. The van der Waals surface area contributed by atoms with Crippen LogP contribution >= 0.6 is 0 Å². The highest BCUT2D eigenvalue weighted by molar-refractivity contribution is 6.08. The molecule has 0 unspecified atom stereocenters. The van der Waals surface area contributed by atoms with Crippen molar-refractivity contribution in [3.05, 3.63) is 53.1 Å². The maximum atomic E-state index is 13.2. The lowest BCUT2D eigenvalue weighted by Crippen LogP contribution is -2.32. The number of aliphatic carboxylic acids is 1. The highest BCUT2D eigenvalue weighted by Gasteiger charge is 2.43. The average Bonchev–Trinajstić information content (AvgIpc) is 3.32. The van der Waals surface area contributed by atoms with E-state index in [9.17, 15) is 9.59 Å². The number of fused-ring (bicyclic) bond motifs is 1. The van der Waals surface area contributed by atoms with Crippen molar-refractivity contribution in [2.24, 2.45) is 11.0 Å². The molecule has 4 rings (SSSR count). The number of rotatable bonds is 9. The Kier molecular flexibility index (Phi) is 8.01. The van der Waals surface area contributed by atoms with Crippen LogP contribution in [0.25, 0.3) is 6.08 Å². The van der Waals surface area contributed by atoms with Gasteiger partial charge in [-0.15, -0.1) is 0 Å². The first kappa shape index (κ1) is 26.1. The molecule has 2 aromatic rings. The zero-order chi connectivity index (χ0) is 26.5. The Balaban J connectivity index is 1.74. The molecule has 1 N–H and O–H groups in total. The van der Waals surface area contributed by atoms with Gasteiger partial charge in [0, 0.05) is 12.3 Å². The van der Waals surface area contributed by atoms with Crippen LogP contribution in [-0.2, 0) is 9.59 Å². The summed E-state index contributed by atoms with van der Waals surface area (Å²) in [5, 5.41) is 15.4. The fourth-order valence-corrected chi connectivity index (χ4v) is 5.05. The molecule has 0 radical (unpaired) electrons. The van der Waals surface area contributed by atoms with Crippen molar-refractivity contribution in [3.63, 3.8) is 0 Å². The summed E-state index contributed by atoms with van der Waals surface area (Å²) in [7, 11) is 6.33. The molecule has 1 amide bonds. The summed E-state index contributed by atoms with van der Waals surface area (Å²) in [5.74, 6) is 1.05. The van der Waals surface area contributed by atoms with E-state index in [-0.39, 0.29) is 30.7 Å². The Morgan fingerprint density at radius 3 is 2.24 bits per heavy atom. The summed E-state index contributed by atoms with van der Waals surface area (Å²) in [5.41, 5.74) is 3.69. The fourth-order valence-electron chi connectivity index (χ4n) is 5.05. The van der Waals surface area contributed by atoms with Crippen molar-refractivity contribution < 1.29 is 33.6 Å². The van der Waals surface area contributed by atoms with Crippen LogP contribution in [0.15, 0.2) is 47.1 Å². The number of hydrazone groups is 1. The van der Waals surface area contributed by atoms with Gasteiger partial charge in [-0.05, 0) is 66.3 Å². The summed E-state index contributed by atoms with van der Waals surface area (Å²) in [6.45, 7) is 0. The van der Waals surface area contributed by atoms with Gasteiger partial charge in [0.15, 0.2) is 23.0 Å². The number of hydrogen-bond acceptors (Lipinski definition) is 7. The Morgan fingerprint density at radius 2 is 1.59 bits per heavy atom. The van der Waals surface area contributed by atoms with Crippen LogP contribution in [0, 0.1) is 5.92 Å². The zero-order valence-corrected chi connectivity index (χ0v) is 21.5. The summed E-state index contributed by atoms with van der Waals surface area (Å²) in [6, 6.07) is 10.9. The van der Waals surface area contributed by atoms with Gasteiger partial charge in [-0.1, -0.05) is 12.1 Å². The molecule has 1 fully saturated rings. The molecule has 9 nitrogen and oxygen atoms in total. The first-order valence-corrected chi connectivity index (χ1v) is 12.2. The van der Waals surface area contributed by atoms with E-state index in [0.29, 0.717) is 23.0 Å². The molecule has 2 atom stereocenters. The van der Waals surface area contributed by atoms with E-state index < -0.39 is 5.97 Å². The third-order valence-corrected chi connectivity index (χ3v) is 6.81. The van der Waals surface area contributed by atoms with E-state index in [4.69, 9.17) is 29.2 Å². The minimum Gasteiger partial charge on any atom is -0.493 e. The van der Waals surface area contributed by atoms with E-state index in [1.165, 1.54) is 5.01 Å². The van der Waals surface area contributed by atoms with Crippen LogP contribution in [0.4, 0.5) is 0 Å². The highest BCUT2D eigenvalue weighted by atomic mass is 16.5. The number of methoxy groups -OCH3 is 4. The van der Waals surface area contributed by atoms with Crippen LogP contribution in [-0.4, -0.2) is 56.1 Å². The van der Waals surface area contributed by atoms with Gasteiger partial charge in [-0.2, -0.15) is 5.10 Å². The normalized spacial score (nSPS) is 19.7. The van der Waals surface area contributed by atoms with Crippen molar-refractivity contribution in [1.82, 2.24) is 5.01 Å². The number of carboxylic acids is 1. The maximum absolute atomic E-state index is 13.2. The second kappa shape index (κ2) is 11.4. The molecule has 1 heterocycles. The summed E-state index contributed by atoms with van der Waals surface area (Å²) < 4.78 is 21.7. The smallest absolute Gasteiger partial charge is 0.303 e. The maximum Gasteiger partial charge on any atom is 0.303 e. The number of carboxylic acid groups (broad SMARTS) is 1. The van der Waals surface area contributed by atoms with Crippen molar-refractivity contribution >= 4 is 23.7 Å². The standard InChI is InChI=1S/C28H32N2O7/c1-34-21-10-8-17(15-23(21)36-3)14-18-6-5-7-20-27(18)29-30(25(31)12-13-26(32)33)28(20)19-9-11-22(35-2)24(16-19)37-4/h8-11,14-16,20,28H,5-7,12-13H2,1-4H3,(H,32,33)/b18-14-/t20-,28-/m1/s1. The third kappa shape index (κ3) is 5.40. The second-order valence-corrected chi connectivity index (χ2v) is 8.96. The van der Waals surface area contributed by atoms with Gasteiger partial charge in [0.2, 0.25) is 5.91 Å². The molecule has 1 aliphatic carbocycles. The van der Waals surface area contributed by atoms with Crippen molar-refractivity contribution in [1.29, 1.82) is 0 Å². The van der Waals surface area contributed by atoms with Crippen LogP contribution in [0.1, 0.15) is 49.3 Å². The predicted molar refractivity (Wildman–Crippen MR) is 138 cm³/mol. The predicted octanol–water partition coefficient (Wildman–Crippen LogP) is 4.71. The number of carbonyl (C=O) groups excluding carboxylic acids is 1. The largest absolute Gasteiger partial charge is 0.493 e. The molecule has 37 heavy (non-hydrogen) atoms. The molecule has 1 aliphatic heterocycles. The Morgan fingerprint density at radius 1 is 0.946 bits per heavy atom. The summed E-state index contributed by atoms with van der Waals surface area (Å²) in [6.07, 6.45) is 4.30. The minimum atomic E-state index is -1.02. The number of amides is 1. The molecule has 2 aliphatic rings. The molecule has 9 heteroatoms. The Labute approximate surface area is 216 Å². The van der Waals surface area contributed by atoms with Crippen LogP contribution in [0.2, 0.25) is 0 Å². The van der Waals surface area contributed by atoms with E-state index in [1.54, 1.807) is 28.4 Å². The van der Waals surface area contributed by atoms with Gasteiger partial charge in [0.1, 0.15) is 0 Å². The van der Waals surface area contributed by atoms with Crippen molar-refractivity contribution in [2.75, 3.05) is 28.4 Å². The number of benzene rings is 2. The lowest BCUT2D eigenvalue weighted by atomic mass is 9.77. The van der Waals surface area contributed by atoms with E-state index in [0.717, 1.165) is 41.7 Å². The molecule has 0 spiro atoms. The SMILES string of the molecule is COc1ccc(/C=C2/CCC[C@@H]3C2=NN(C(=O)CCC(=O)O)[C@@H]3c2ccc(OC)c(OC)c2)cc1OC. The summed E-state index contributed by atoms with van der Waals surface area (Å²) >= 11 is 0. The van der Waals surface area contributed by atoms with Gasteiger partial charge >= 0.3 is 5.97 Å². The lowest BCUT2D eigenvalue weighted by molar-refractivity contribution is -0.141. The number of hydrogen-bond donors (Lipinski definition) is 1. The lowest BCUT2D eigenvalue weighted by Gasteiger charge is -2.30. The molecule has 0 aromatic heterocycles. The van der Waals surface area contributed by atoms with Gasteiger partial charge in [0.05, 0.1) is 46.6 Å². The molecular weight excluding hydrogens is 476 g/mol. The van der Waals surface area contributed by atoms with Gasteiger partial charge in [0.25, 0.3) is 0 Å². The topological polar surface area (TPSA) is 107 Å². The minimum absolute atomic E-state index is 0.0352. The third-order valence-electron chi connectivity index (χ3n) is 6.81. The molecular formula is C28H32N2O7. The van der Waals surface area contributed by atoms with Crippen molar-refractivity contribution in [2.45, 2.75) is 38.1 Å². The van der Waals surface area contributed by atoms with E-state index in [2.05, 4.69) is 6.08 Å².